The van der Waals surface area contributed by atoms with Crippen molar-refractivity contribution in [1.82, 2.24) is 15.1 Å². The lowest BCUT2D eigenvalue weighted by Gasteiger charge is -2.26. The smallest absolute Gasteiger partial charge is 0.250 e. The van der Waals surface area contributed by atoms with Crippen molar-refractivity contribution in [2.24, 2.45) is 11.7 Å². The van der Waals surface area contributed by atoms with Crippen molar-refractivity contribution in [3.8, 4) is 5.69 Å². The highest BCUT2D eigenvalue weighted by Crippen LogP contribution is 2.20. The predicted molar refractivity (Wildman–Crippen MR) is 99.2 cm³/mol. The van der Waals surface area contributed by atoms with Gasteiger partial charge < -0.3 is 16.4 Å². The third kappa shape index (κ3) is 3.16. The molecule has 0 atom stereocenters. The maximum atomic E-state index is 12.0. The van der Waals surface area contributed by atoms with E-state index in [4.69, 9.17) is 5.73 Å². The van der Waals surface area contributed by atoms with E-state index >= 15 is 0 Å². The molecule has 1 fully saturated rings. The molecule has 0 bridgehead atoms. The Morgan fingerprint density at radius 2 is 1.96 bits per heavy atom. The lowest BCUT2D eigenvalue weighted by molar-refractivity contribution is -0.117. The third-order valence-electron chi connectivity index (χ3n) is 4.56. The summed E-state index contributed by atoms with van der Waals surface area (Å²) in [5, 5.41) is 11.4. The first-order valence-electron chi connectivity index (χ1n) is 8.49. The summed E-state index contributed by atoms with van der Waals surface area (Å²) in [4.78, 5) is 23.5. The molecule has 7 nitrogen and oxygen atoms in total. The number of primary amides is 1. The van der Waals surface area contributed by atoms with Gasteiger partial charge in [-0.2, -0.15) is 5.10 Å². The first-order chi connectivity index (χ1) is 12.6. The molecular formula is C19H19N5O2. The Bertz CT molecular complexity index is 973. The number of hydrogen-bond donors (Lipinski definition) is 3. The first-order valence-corrected chi connectivity index (χ1v) is 8.49. The molecule has 0 radical (unpaired) electrons. The van der Waals surface area contributed by atoms with Gasteiger partial charge >= 0.3 is 0 Å². The first kappa shape index (κ1) is 16.3. The van der Waals surface area contributed by atoms with Gasteiger partial charge in [0.25, 0.3) is 5.91 Å². The fraction of sp³-hybridized carbons (Fsp3) is 0.211. The summed E-state index contributed by atoms with van der Waals surface area (Å²) < 4.78 is 1.70. The van der Waals surface area contributed by atoms with E-state index in [0.29, 0.717) is 23.4 Å². The summed E-state index contributed by atoms with van der Waals surface area (Å²) in [7, 11) is 0. The number of nitrogens with one attached hydrogen (secondary N) is 2. The van der Waals surface area contributed by atoms with Gasteiger partial charge in [-0.05, 0) is 49.3 Å². The second kappa shape index (κ2) is 6.61. The molecule has 4 N–H and O–H groups in total. The number of fused-ring (bicyclic) bond motifs is 1. The van der Waals surface area contributed by atoms with Crippen LogP contribution in [0.2, 0.25) is 0 Å². The Balaban J connectivity index is 1.53. The summed E-state index contributed by atoms with van der Waals surface area (Å²) in [6.45, 7) is 1.82. The van der Waals surface area contributed by atoms with Crippen LogP contribution in [0.4, 0.5) is 5.69 Å². The zero-order valence-corrected chi connectivity index (χ0v) is 14.1. The number of carbonyl (C=O) groups is 2. The zero-order valence-electron chi connectivity index (χ0n) is 14.1. The highest BCUT2D eigenvalue weighted by molar-refractivity contribution is 6.04. The van der Waals surface area contributed by atoms with Gasteiger partial charge in [0, 0.05) is 23.7 Å². The summed E-state index contributed by atoms with van der Waals surface area (Å²) in [6, 6.07) is 12.8. The average Bonchev–Trinajstić information content (AvgIpc) is 3.02. The second-order valence-electron chi connectivity index (χ2n) is 6.50. The van der Waals surface area contributed by atoms with Crippen molar-refractivity contribution in [2.75, 3.05) is 18.4 Å². The van der Waals surface area contributed by atoms with Crippen LogP contribution >= 0.6 is 0 Å². The van der Waals surface area contributed by atoms with Crippen LogP contribution < -0.4 is 16.4 Å². The fourth-order valence-corrected chi connectivity index (χ4v) is 3.04. The molecule has 4 rings (SSSR count). The molecule has 0 unspecified atom stereocenters. The van der Waals surface area contributed by atoms with E-state index in [0.717, 1.165) is 29.9 Å². The highest BCUT2D eigenvalue weighted by atomic mass is 16.2. The van der Waals surface area contributed by atoms with Crippen LogP contribution in [-0.2, 0) is 4.79 Å². The molecule has 2 amide bonds. The van der Waals surface area contributed by atoms with Crippen LogP contribution in [0, 0.1) is 5.92 Å². The molecular weight excluding hydrogens is 330 g/mol. The van der Waals surface area contributed by atoms with Crippen molar-refractivity contribution in [3.63, 3.8) is 0 Å². The Morgan fingerprint density at radius 1 is 1.19 bits per heavy atom. The standard InChI is InChI=1S/C19H19N5O2/c20-19(26)16-3-1-2-13-11-24(23-18(13)16)15-6-4-14(5-7-15)22-17(25)8-12-9-21-10-12/h1-7,11-12,21H,8-10H2,(H2,20,26)(H,22,25). The molecule has 2 heterocycles. The van der Waals surface area contributed by atoms with Gasteiger partial charge in [0.2, 0.25) is 5.91 Å². The van der Waals surface area contributed by atoms with E-state index in [1.54, 1.807) is 16.8 Å². The van der Waals surface area contributed by atoms with Crippen molar-refractivity contribution in [2.45, 2.75) is 6.42 Å². The third-order valence-corrected chi connectivity index (χ3v) is 4.56. The van der Waals surface area contributed by atoms with Gasteiger partial charge in [-0.15, -0.1) is 0 Å². The molecule has 26 heavy (non-hydrogen) atoms. The monoisotopic (exact) mass is 349 g/mol. The van der Waals surface area contributed by atoms with Gasteiger partial charge in [0.05, 0.1) is 11.3 Å². The van der Waals surface area contributed by atoms with E-state index in [1.165, 1.54) is 0 Å². The number of anilines is 1. The summed E-state index contributed by atoms with van der Waals surface area (Å²) in [5.41, 5.74) is 7.97. The van der Waals surface area contributed by atoms with Crippen LogP contribution in [0.1, 0.15) is 16.8 Å². The number of hydrogen-bond acceptors (Lipinski definition) is 4. The quantitative estimate of drug-likeness (QED) is 0.652. The molecule has 132 valence electrons. The maximum absolute atomic E-state index is 12.0. The van der Waals surface area contributed by atoms with Crippen molar-refractivity contribution < 1.29 is 9.59 Å². The summed E-state index contributed by atoms with van der Waals surface area (Å²) in [5.74, 6) is -0.0361. The Hall–Kier alpha value is -3.19. The Labute approximate surface area is 150 Å². The molecule has 1 saturated heterocycles. The molecule has 3 aromatic rings. The number of rotatable bonds is 5. The van der Waals surface area contributed by atoms with E-state index in [9.17, 15) is 9.59 Å². The van der Waals surface area contributed by atoms with Gasteiger partial charge in [0.15, 0.2) is 0 Å². The molecule has 0 aliphatic carbocycles. The number of amides is 2. The largest absolute Gasteiger partial charge is 0.366 e. The number of nitrogens with zero attached hydrogens (tertiary/aromatic N) is 2. The number of benzene rings is 2. The van der Waals surface area contributed by atoms with Crippen LogP contribution in [0.15, 0.2) is 48.7 Å². The predicted octanol–water partition coefficient (Wildman–Crippen LogP) is 1.67. The van der Waals surface area contributed by atoms with Gasteiger partial charge in [-0.1, -0.05) is 12.1 Å². The summed E-state index contributed by atoms with van der Waals surface area (Å²) in [6.07, 6.45) is 2.38. The number of carbonyl (C=O) groups excluding carboxylic acids is 2. The molecule has 1 aliphatic heterocycles. The normalized spacial score (nSPS) is 14.2. The lowest BCUT2D eigenvalue weighted by Crippen LogP contribution is -2.43. The SMILES string of the molecule is NC(=O)c1cccc2cn(-c3ccc(NC(=O)CC4CNC4)cc3)nc12. The van der Waals surface area contributed by atoms with Crippen molar-refractivity contribution in [1.29, 1.82) is 0 Å². The molecule has 1 aliphatic rings. The second-order valence-corrected chi connectivity index (χ2v) is 6.50. The van der Waals surface area contributed by atoms with E-state index in [2.05, 4.69) is 15.7 Å². The molecule has 2 aromatic carbocycles. The topological polar surface area (TPSA) is 102 Å². The van der Waals surface area contributed by atoms with Crippen molar-refractivity contribution in [3.05, 3.63) is 54.2 Å². The minimum atomic E-state index is -0.499. The molecule has 0 saturated carbocycles. The van der Waals surface area contributed by atoms with Crippen LogP contribution in [-0.4, -0.2) is 34.7 Å². The highest BCUT2D eigenvalue weighted by Gasteiger charge is 2.20. The Morgan fingerprint density at radius 3 is 2.62 bits per heavy atom. The average molecular weight is 349 g/mol. The van der Waals surface area contributed by atoms with E-state index < -0.39 is 5.91 Å². The van der Waals surface area contributed by atoms with Gasteiger partial charge in [-0.3, -0.25) is 9.59 Å². The lowest BCUT2D eigenvalue weighted by atomic mass is 9.99. The van der Waals surface area contributed by atoms with Crippen LogP contribution in [0.3, 0.4) is 0 Å². The number of nitrogens with two attached hydrogens (primary N) is 1. The maximum Gasteiger partial charge on any atom is 0.250 e. The molecule has 1 aromatic heterocycles. The number of aromatic nitrogens is 2. The van der Waals surface area contributed by atoms with Gasteiger partial charge in [0.1, 0.15) is 5.52 Å². The molecule has 0 spiro atoms. The fourth-order valence-electron chi connectivity index (χ4n) is 3.04. The van der Waals surface area contributed by atoms with Crippen molar-refractivity contribution >= 4 is 28.4 Å². The van der Waals surface area contributed by atoms with E-state index in [-0.39, 0.29) is 5.91 Å². The van der Waals surface area contributed by atoms with Gasteiger partial charge in [-0.25, -0.2) is 4.68 Å². The minimum absolute atomic E-state index is 0.0279. The van der Waals surface area contributed by atoms with E-state index in [1.807, 2.05) is 36.5 Å². The van der Waals surface area contributed by atoms with Crippen LogP contribution in [0.5, 0.6) is 0 Å². The van der Waals surface area contributed by atoms with Crippen LogP contribution in [0.25, 0.3) is 16.6 Å². The minimum Gasteiger partial charge on any atom is -0.366 e. The summed E-state index contributed by atoms with van der Waals surface area (Å²) >= 11 is 0. The Kier molecular flexibility index (Phi) is 4.14. The zero-order chi connectivity index (χ0) is 18.1. The molecule has 7 heteroatoms.